The van der Waals surface area contributed by atoms with Crippen LogP contribution in [0, 0.1) is 0 Å². The van der Waals surface area contributed by atoms with Gasteiger partial charge in [-0.25, -0.2) is 4.98 Å². The summed E-state index contributed by atoms with van der Waals surface area (Å²) < 4.78 is 10.4. The number of hydrogen-bond acceptors (Lipinski definition) is 8. The summed E-state index contributed by atoms with van der Waals surface area (Å²) in [5, 5.41) is 5.34. The van der Waals surface area contributed by atoms with Gasteiger partial charge in [-0.3, -0.25) is 24.1 Å². The van der Waals surface area contributed by atoms with E-state index in [4.69, 9.17) is 14.5 Å². The first-order chi connectivity index (χ1) is 20.6. The summed E-state index contributed by atoms with van der Waals surface area (Å²) in [7, 11) is 3.15. The van der Waals surface area contributed by atoms with E-state index in [1.807, 2.05) is 29.6 Å². The van der Waals surface area contributed by atoms with Gasteiger partial charge in [0, 0.05) is 16.6 Å². The molecule has 1 aliphatic rings. The zero-order valence-electron chi connectivity index (χ0n) is 24.1. The van der Waals surface area contributed by atoms with Crippen molar-refractivity contribution in [3.8, 4) is 22.8 Å². The van der Waals surface area contributed by atoms with Gasteiger partial charge in [-0.1, -0.05) is 12.1 Å². The molecule has 0 unspecified atom stereocenters. The molecule has 11 heteroatoms. The lowest BCUT2D eigenvalue weighted by molar-refractivity contribution is -0.143. The van der Waals surface area contributed by atoms with Crippen LogP contribution in [-0.2, 0) is 20.9 Å². The molecule has 0 saturated heterocycles. The second kappa shape index (κ2) is 12.1. The molecule has 4 aromatic rings. The minimum absolute atomic E-state index is 0.000308. The van der Waals surface area contributed by atoms with Crippen molar-refractivity contribution in [3.05, 3.63) is 88.7 Å². The van der Waals surface area contributed by atoms with E-state index < -0.39 is 35.6 Å². The first kappa shape index (κ1) is 29.5. The molecule has 0 atom stereocenters. The van der Waals surface area contributed by atoms with Crippen molar-refractivity contribution in [2.45, 2.75) is 25.9 Å². The molecule has 3 aromatic carbocycles. The van der Waals surface area contributed by atoms with Gasteiger partial charge in [0.25, 0.3) is 11.7 Å². The van der Waals surface area contributed by atoms with Crippen molar-refractivity contribution in [2.24, 2.45) is 0 Å². The maximum absolute atomic E-state index is 14.0. The van der Waals surface area contributed by atoms with Crippen LogP contribution in [0.5, 0.6) is 11.5 Å². The molecule has 1 N–H and O–H groups in total. The van der Waals surface area contributed by atoms with Crippen LogP contribution in [0.1, 0.15) is 29.2 Å². The van der Waals surface area contributed by atoms with Crippen molar-refractivity contribution in [2.75, 3.05) is 31.0 Å². The molecular weight excluding hydrogens is 568 g/mol. The van der Waals surface area contributed by atoms with Gasteiger partial charge in [0.2, 0.25) is 11.8 Å². The number of rotatable bonds is 10. The van der Waals surface area contributed by atoms with E-state index in [0.29, 0.717) is 27.8 Å². The van der Waals surface area contributed by atoms with Gasteiger partial charge >= 0.3 is 0 Å². The standard InChI is InChI=1S/C32H30N4O6S/c1-32(2,31(40)33-21-11-15-23(42-4)16-12-21)36(17-27-34-25(19-43-27)20-9-13-22(41-3)14-10-20)28(37)18-35-26-8-6-5-7-24(26)29(38)30(35)39/h5-16,19H,17-18H2,1-4H3,(H,33,40). The quantitative estimate of drug-likeness (QED) is 0.261. The lowest BCUT2D eigenvalue weighted by Gasteiger charge is -2.37. The van der Waals surface area contributed by atoms with E-state index in [2.05, 4.69) is 5.32 Å². The highest BCUT2D eigenvalue weighted by Crippen LogP contribution is 2.31. The molecule has 0 aliphatic carbocycles. The van der Waals surface area contributed by atoms with Crippen molar-refractivity contribution in [1.82, 2.24) is 9.88 Å². The first-order valence-electron chi connectivity index (χ1n) is 13.4. The lowest BCUT2D eigenvalue weighted by atomic mass is 10.0. The fourth-order valence-corrected chi connectivity index (χ4v) is 5.51. The highest BCUT2D eigenvalue weighted by molar-refractivity contribution is 7.09. The molecule has 3 amide bonds. The predicted molar refractivity (Wildman–Crippen MR) is 163 cm³/mol. The minimum Gasteiger partial charge on any atom is -0.497 e. The maximum atomic E-state index is 14.0. The topological polar surface area (TPSA) is 118 Å². The third-order valence-corrected chi connectivity index (χ3v) is 8.12. The first-order valence-corrected chi connectivity index (χ1v) is 14.3. The molecule has 0 fully saturated rings. The fourth-order valence-electron chi connectivity index (χ4n) is 4.72. The van der Waals surface area contributed by atoms with E-state index in [1.54, 1.807) is 76.6 Å². The Labute approximate surface area is 252 Å². The number of thiazole rings is 1. The molecule has 1 aromatic heterocycles. The van der Waals surface area contributed by atoms with Crippen LogP contribution < -0.4 is 19.7 Å². The number of ether oxygens (including phenoxy) is 2. The predicted octanol–water partition coefficient (Wildman–Crippen LogP) is 4.80. The number of carbonyl (C=O) groups excluding carboxylic acids is 4. The van der Waals surface area contributed by atoms with Crippen molar-refractivity contribution < 1.29 is 28.7 Å². The molecule has 5 rings (SSSR count). The Hall–Kier alpha value is -5.03. The SMILES string of the molecule is COc1ccc(NC(=O)C(C)(C)N(Cc2nc(-c3ccc(OC)cc3)cs2)C(=O)CN2C(=O)C(=O)c3ccccc32)cc1. The van der Waals surface area contributed by atoms with Crippen molar-refractivity contribution in [1.29, 1.82) is 0 Å². The van der Waals surface area contributed by atoms with Gasteiger partial charge in [0.05, 0.1) is 37.7 Å². The lowest BCUT2D eigenvalue weighted by Crippen LogP contribution is -2.57. The number of methoxy groups -OCH3 is 2. The normalized spacial score (nSPS) is 12.6. The average Bonchev–Trinajstić information content (AvgIpc) is 3.59. The number of nitrogens with one attached hydrogen (secondary N) is 1. The van der Waals surface area contributed by atoms with Crippen LogP contribution in [0.4, 0.5) is 11.4 Å². The molecule has 220 valence electrons. The van der Waals surface area contributed by atoms with Crippen LogP contribution in [0.15, 0.2) is 78.2 Å². The summed E-state index contributed by atoms with van der Waals surface area (Å²) in [4.78, 5) is 60.4. The second-order valence-corrected chi connectivity index (χ2v) is 11.3. The smallest absolute Gasteiger partial charge is 0.299 e. The van der Waals surface area contributed by atoms with E-state index >= 15 is 0 Å². The molecule has 1 aliphatic heterocycles. The Morgan fingerprint density at radius 3 is 2.21 bits per heavy atom. The van der Waals surface area contributed by atoms with Crippen LogP contribution in [0.25, 0.3) is 11.3 Å². The van der Waals surface area contributed by atoms with Crippen LogP contribution in [0.3, 0.4) is 0 Å². The zero-order chi connectivity index (χ0) is 30.7. The Morgan fingerprint density at radius 1 is 0.930 bits per heavy atom. The summed E-state index contributed by atoms with van der Waals surface area (Å²) in [6, 6.07) is 20.8. The number of benzene rings is 3. The monoisotopic (exact) mass is 598 g/mol. The Morgan fingerprint density at radius 2 is 1.56 bits per heavy atom. The van der Waals surface area contributed by atoms with Crippen molar-refractivity contribution in [3.63, 3.8) is 0 Å². The van der Waals surface area contributed by atoms with Gasteiger partial charge < -0.3 is 19.7 Å². The third-order valence-electron chi connectivity index (χ3n) is 7.28. The van der Waals surface area contributed by atoms with Gasteiger partial charge in [0.1, 0.15) is 28.6 Å². The maximum Gasteiger partial charge on any atom is 0.299 e. The summed E-state index contributed by atoms with van der Waals surface area (Å²) in [6.45, 7) is 2.84. The molecule has 0 radical (unpaired) electrons. The third kappa shape index (κ3) is 5.98. The van der Waals surface area contributed by atoms with E-state index in [-0.39, 0.29) is 12.1 Å². The van der Waals surface area contributed by atoms with Crippen molar-refractivity contribution >= 4 is 46.2 Å². The summed E-state index contributed by atoms with van der Waals surface area (Å²) in [6.07, 6.45) is 0. The minimum atomic E-state index is -1.38. The molecular formula is C32H30N4O6S. The number of carbonyl (C=O) groups is 4. The number of nitrogens with zero attached hydrogens (tertiary/aromatic N) is 3. The van der Waals surface area contributed by atoms with Gasteiger partial charge in [-0.05, 0) is 74.5 Å². The molecule has 10 nitrogen and oxygen atoms in total. The Kier molecular flexibility index (Phi) is 8.27. The number of hydrogen-bond donors (Lipinski definition) is 1. The fraction of sp³-hybridized carbons (Fsp3) is 0.219. The molecule has 0 bridgehead atoms. The number of para-hydroxylation sites is 1. The summed E-state index contributed by atoms with van der Waals surface area (Å²) in [5.41, 5.74) is 1.33. The van der Waals surface area contributed by atoms with Gasteiger partial charge in [0.15, 0.2) is 0 Å². The van der Waals surface area contributed by atoms with Crippen LogP contribution in [-0.4, -0.2) is 59.7 Å². The largest absolute Gasteiger partial charge is 0.497 e. The van der Waals surface area contributed by atoms with E-state index in [1.165, 1.54) is 16.2 Å². The Bertz CT molecular complexity index is 1680. The number of aromatic nitrogens is 1. The molecule has 0 saturated carbocycles. The summed E-state index contributed by atoms with van der Waals surface area (Å²) in [5.74, 6) is -1.06. The Balaban J connectivity index is 1.43. The average molecular weight is 599 g/mol. The van der Waals surface area contributed by atoms with Crippen LogP contribution >= 0.6 is 11.3 Å². The van der Waals surface area contributed by atoms with E-state index in [9.17, 15) is 19.2 Å². The van der Waals surface area contributed by atoms with Gasteiger partial charge in [-0.2, -0.15) is 0 Å². The molecule has 0 spiro atoms. The molecule has 2 heterocycles. The number of anilines is 2. The van der Waals surface area contributed by atoms with Crippen LogP contribution in [0.2, 0.25) is 0 Å². The number of amides is 3. The number of fused-ring (bicyclic) bond motifs is 1. The highest BCUT2D eigenvalue weighted by atomic mass is 32.1. The summed E-state index contributed by atoms with van der Waals surface area (Å²) >= 11 is 1.35. The second-order valence-electron chi connectivity index (χ2n) is 10.3. The highest BCUT2D eigenvalue weighted by Gasteiger charge is 2.42. The molecule has 43 heavy (non-hydrogen) atoms. The van der Waals surface area contributed by atoms with Gasteiger partial charge in [-0.15, -0.1) is 11.3 Å². The number of Topliss-reactive ketones (excluding diaryl/α,β-unsaturated/α-hetero) is 1. The zero-order valence-corrected chi connectivity index (χ0v) is 24.9. The van der Waals surface area contributed by atoms with E-state index in [0.717, 1.165) is 16.2 Å². The number of ketones is 1.